The zero-order chi connectivity index (χ0) is 18.6. The van der Waals surface area contributed by atoms with E-state index < -0.39 is 15.3 Å². The number of ether oxygens (including phenoxy) is 1. The molecule has 140 valence electrons. The minimum atomic E-state index is -3.31. The van der Waals surface area contributed by atoms with Crippen LogP contribution in [0.2, 0.25) is 0 Å². The van der Waals surface area contributed by atoms with Crippen LogP contribution in [0.15, 0.2) is 48.5 Å². The second-order valence-corrected chi connectivity index (χ2v) is 9.27. The zero-order valence-corrected chi connectivity index (χ0v) is 16.1. The summed E-state index contributed by atoms with van der Waals surface area (Å²) in [6.07, 6.45) is 2.56. The Morgan fingerprint density at radius 3 is 2.46 bits per heavy atom. The predicted octanol–water partition coefficient (Wildman–Crippen LogP) is 4.24. The molecule has 3 rings (SSSR count). The minimum absolute atomic E-state index is 0.460. The van der Waals surface area contributed by atoms with Gasteiger partial charge in [0.25, 0.3) is 0 Å². The van der Waals surface area contributed by atoms with Crippen LogP contribution in [0.4, 0.5) is 11.4 Å². The first kappa shape index (κ1) is 18.6. The molecule has 0 atom stereocenters. The highest BCUT2D eigenvalue weighted by Gasteiger charge is 2.21. The van der Waals surface area contributed by atoms with Gasteiger partial charge >= 0.3 is 0 Å². The van der Waals surface area contributed by atoms with Gasteiger partial charge in [0, 0.05) is 24.0 Å². The molecule has 0 bridgehead atoms. The van der Waals surface area contributed by atoms with Gasteiger partial charge in [-0.3, -0.25) is 4.72 Å². The molecule has 5 nitrogen and oxygen atoms in total. The summed E-state index contributed by atoms with van der Waals surface area (Å²) in [4.78, 5) is 0. The Bertz CT molecular complexity index is 828. The van der Waals surface area contributed by atoms with Crippen molar-refractivity contribution in [3.63, 3.8) is 0 Å². The van der Waals surface area contributed by atoms with E-state index >= 15 is 0 Å². The molecule has 0 heterocycles. The number of sulfonamides is 1. The molecule has 1 aliphatic rings. The second kappa shape index (κ2) is 7.99. The van der Waals surface area contributed by atoms with Gasteiger partial charge in [-0.2, -0.15) is 0 Å². The third-order valence-electron chi connectivity index (χ3n) is 4.35. The Morgan fingerprint density at radius 1 is 1.08 bits per heavy atom. The molecule has 0 saturated heterocycles. The van der Waals surface area contributed by atoms with Crippen LogP contribution in [0.5, 0.6) is 5.75 Å². The van der Waals surface area contributed by atoms with Crippen molar-refractivity contribution >= 4 is 21.4 Å². The molecule has 0 aromatic heterocycles. The molecule has 0 radical (unpaired) electrons. The lowest BCUT2D eigenvalue weighted by Crippen LogP contribution is -2.22. The van der Waals surface area contributed by atoms with Crippen molar-refractivity contribution < 1.29 is 13.2 Å². The molecule has 0 unspecified atom stereocenters. The number of rotatable bonds is 9. The Labute approximate surface area is 155 Å². The Kier molecular flexibility index (Phi) is 5.71. The van der Waals surface area contributed by atoms with Crippen LogP contribution in [0.25, 0.3) is 0 Å². The lowest BCUT2D eigenvalue weighted by atomic mass is 10.2. The van der Waals surface area contributed by atoms with Crippen molar-refractivity contribution in [3.8, 4) is 5.75 Å². The average molecular weight is 375 g/mol. The fraction of sp³-hybridized carbons (Fsp3) is 0.400. The molecule has 0 spiro atoms. The summed E-state index contributed by atoms with van der Waals surface area (Å²) in [6.45, 7) is 4.77. The molecular weight excluding hydrogens is 348 g/mol. The van der Waals surface area contributed by atoms with Crippen LogP contribution < -0.4 is 14.8 Å². The maximum Gasteiger partial charge on any atom is 0.235 e. The molecule has 1 aliphatic carbocycles. The van der Waals surface area contributed by atoms with Gasteiger partial charge in [0.2, 0.25) is 10.0 Å². The smallest absolute Gasteiger partial charge is 0.235 e. The van der Waals surface area contributed by atoms with Gasteiger partial charge in [-0.25, -0.2) is 8.42 Å². The normalized spacial score (nSPS) is 14.3. The summed E-state index contributed by atoms with van der Waals surface area (Å²) in [5.41, 5.74) is 2.66. The fourth-order valence-electron chi connectivity index (χ4n) is 2.37. The van der Waals surface area contributed by atoms with E-state index in [9.17, 15) is 8.42 Å². The van der Waals surface area contributed by atoms with Crippen LogP contribution >= 0.6 is 0 Å². The van der Waals surface area contributed by atoms with E-state index in [4.69, 9.17) is 4.74 Å². The molecule has 2 aromatic rings. The van der Waals surface area contributed by atoms with Gasteiger partial charge in [0.15, 0.2) is 0 Å². The second-order valence-electron chi connectivity index (χ2n) is 7.03. The van der Waals surface area contributed by atoms with Crippen molar-refractivity contribution in [1.29, 1.82) is 0 Å². The largest absolute Gasteiger partial charge is 0.493 e. The van der Waals surface area contributed by atoms with E-state index in [0.29, 0.717) is 12.2 Å². The van der Waals surface area contributed by atoms with E-state index in [0.717, 1.165) is 29.5 Å². The molecule has 1 saturated carbocycles. The van der Waals surface area contributed by atoms with Crippen LogP contribution in [-0.2, 0) is 16.6 Å². The highest BCUT2D eigenvalue weighted by Crippen LogP contribution is 2.30. The highest BCUT2D eigenvalue weighted by atomic mass is 32.2. The first-order valence-corrected chi connectivity index (χ1v) is 10.5. The summed E-state index contributed by atoms with van der Waals surface area (Å²) >= 11 is 0. The van der Waals surface area contributed by atoms with Crippen molar-refractivity contribution in [2.24, 2.45) is 5.92 Å². The topological polar surface area (TPSA) is 67.4 Å². The quantitative estimate of drug-likeness (QED) is 0.689. The van der Waals surface area contributed by atoms with Crippen molar-refractivity contribution in [3.05, 3.63) is 54.1 Å². The summed E-state index contributed by atoms with van der Waals surface area (Å²) in [5, 5.41) is 2.91. The van der Waals surface area contributed by atoms with Gasteiger partial charge in [0.1, 0.15) is 5.75 Å². The third kappa shape index (κ3) is 5.39. The van der Waals surface area contributed by atoms with Crippen molar-refractivity contribution in [1.82, 2.24) is 0 Å². The van der Waals surface area contributed by atoms with Gasteiger partial charge < -0.3 is 10.1 Å². The van der Waals surface area contributed by atoms with Crippen molar-refractivity contribution in [2.75, 3.05) is 16.6 Å². The molecule has 2 aromatic carbocycles. The van der Waals surface area contributed by atoms with Crippen LogP contribution in [0.1, 0.15) is 32.3 Å². The van der Waals surface area contributed by atoms with E-state index in [1.807, 2.05) is 36.4 Å². The summed E-state index contributed by atoms with van der Waals surface area (Å²) in [5.74, 6) is 1.62. The molecule has 1 fully saturated rings. The molecule has 0 amide bonds. The van der Waals surface area contributed by atoms with E-state index in [-0.39, 0.29) is 0 Å². The lowest BCUT2D eigenvalue weighted by Gasteiger charge is -2.12. The summed E-state index contributed by atoms with van der Waals surface area (Å²) < 4.78 is 32.2. The molecule has 26 heavy (non-hydrogen) atoms. The molecule has 0 aliphatic heterocycles. The Morgan fingerprint density at radius 2 is 1.81 bits per heavy atom. The Hall–Kier alpha value is -2.21. The standard InChI is InChI=1S/C20H26N2O3S/c1-15(2)26(23,24)22-18-10-8-16(9-11-18)13-21-19-4-3-5-20(12-19)25-14-17-6-7-17/h3-5,8-12,15,17,21-22H,6-7,13-14H2,1-2H3. The van der Waals surface area contributed by atoms with Gasteiger partial charge in [0.05, 0.1) is 11.9 Å². The highest BCUT2D eigenvalue weighted by molar-refractivity contribution is 7.93. The predicted molar refractivity (Wildman–Crippen MR) is 106 cm³/mol. The first-order chi connectivity index (χ1) is 12.4. The van der Waals surface area contributed by atoms with Crippen LogP contribution in [0.3, 0.4) is 0 Å². The van der Waals surface area contributed by atoms with E-state index in [1.54, 1.807) is 26.0 Å². The maximum atomic E-state index is 11.9. The zero-order valence-electron chi connectivity index (χ0n) is 15.2. The van der Waals surface area contributed by atoms with E-state index in [1.165, 1.54) is 12.8 Å². The monoisotopic (exact) mass is 374 g/mol. The minimum Gasteiger partial charge on any atom is -0.493 e. The van der Waals surface area contributed by atoms with Crippen LogP contribution in [-0.4, -0.2) is 20.3 Å². The fourth-order valence-corrected chi connectivity index (χ4v) is 3.07. The average Bonchev–Trinajstić information content (AvgIpc) is 3.44. The first-order valence-electron chi connectivity index (χ1n) is 9.00. The SMILES string of the molecule is CC(C)S(=O)(=O)Nc1ccc(CNc2cccc(OCC3CC3)c2)cc1. The van der Waals surface area contributed by atoms with Gasteiger partial charge in [-0.1, -0.05) is 18.2 Å². The third-order valence-corrected chi connectivity index (χ3v) is 6.11. The van der Waals surface area contributed by atoms with Crippen molar-refractivity contribution in [2.45, 2.75) is 38.5 Å². The molecule has 2 N–H and O–H groups in total. The number of hydrogen-bond donors (Lipinski definition) is 2. The summed E-state index contributed by atoms with van der Waals surface area (Å²) in [6, 6.07) is 15.4. The maximum absolute atomic E-state index is 11.9. The number of hydrogen-bond acceptors (Lipinski definition) is 4. The van der Waals surface area contributed by atoms with Gasteiger partial charge in [-0.15, -0.1) is 0 Å². The number of benzene rings is 2. The van der Waals surface area contributed by atoms with Crippen LogP contribution in [0, 0.1) is 5.92 Å². The number of nitrogens with one attached hydrogen (secondary N) is 2. The Balaban J connectivity index is 1.53. The van der Waals surface area contributed by atoms with Gasteiger partial charge in [-0.05, 0) is 62.4 Å². The number of anilines is 2. The van der Waals surface area contributed by atoms with E-state index in [2.05, 4.69) is 10.0 Å². The molecule has 6 heteroatoms. The summed E-state index contributed by atoms with van der Waals surface area (Å²) in [7, 11) is -3.31. The lowest BCUT2D eigenvalue weighted by molar-refractivity contribution is 0.300. The molecular formula is C20H26N2O3S.